The summed E-state index contributed by atoms with van der Waals surface area (Å²) in [5, 5.41) is 11.6. The second-order valence-corrected chi connectivity index (χ2v) is 4.32. The Bertz CT molecular complexity index is 667. The number of benzene rings is 2. The third-order valence-corrected chi connectivity index (χ3v) is 3.15. The van der Waals surface area contributed by atoms with Crippen molar-refractivity contribution in [2.75, 3.05) is 0 Å². The summed E-state index contributed by atoms with van der Waals surface area (Å²) in [5.74, 6) is 0.198. The number of aromatic nitrogens is 1. The third-order valence-electron chi connectivity index (χ3n) is 2.84. The lowest BCUT2D eigenvalue weighted by atomic mass is 10.0. The van der Waals surface area contributed by atoms with E-state index in [0.29, 0.717) is 10.6 Å². The molecule has 17 heavy (non-hydrogen) atoms. The van der Waals surface area contributed by atoms with Crippen LogP contribution >= 0.6 is 11.6 Å². The first-order valence-electron chi connectivity index (χ1n) is 5.31. The molecule has 0 aliphatic rings. The van der Waals surface area contributed by atoms with Crippen LogP contribution in [0.25, 0.3) is 22.0 Å². The van der Waals surface area contributed by atoms with E-state index in [1.807, 2.05) is 30.5 Å². The van der Waals surface area contributed by atoms with Crippen molar-refractivity contribution in [1.82, 2.24) is 4.98 Å². The number of hydrogen-bond acceptors (Lipinski definition) is 1. The van der Waals surface area contributed by atoms with Gasteiger partial charge in [-0.15, -0.1) is 0 Å². The van der Waals surface area contributed by atoms with E-state index < -0.39 is 0 Å². The number of phenolic OH excluding ortho intramolecular Hbond substituents is 1. The second-order valence-electron chi connectivity index (χ2n) is 3.91. The molecule has 0 aliphatic heterocycles. The molecule has 3 heteroatoms. The minimum atomic E-state index is 0.198. The molecule has 0 amide bonds. The van der Waals surface area contributed by atoms with Crippen LogP contribution in [0.5, 0.6) is 5.75 Å². The topological polar surface area (TPSA) is 36.0 Å². The summed E-state index contributed by atoms with van der Waals surface area (Å²) in [4.78, 5) is 3.14. The van der Waals surface area contributed by atoms with Gasteiger partial charge in [-0.3, -0.25) is 0 Å². The smallest absolute Gasteiger partial charge is 0.124 e. The van der Waals surface area contributed by atoms with Crippen LogP contribution in [0.1, 0.15) is 0 Å². The Labute approximate surface area is 103 Å². The van der Waals surface area contributed by atoms with Crippen molar-refractivity contribution in [3.05, 3.63) is 53.7 Å². The molecule has 0 unspecified atom stereocenters. The van der Waals surface area contributed by atoms with Crippen LogP contribution in [-0.2, 0) is 0 Å². The molecule has 0 aliphatic carbocycles. The summed E-state index contributed by atoms with van der Waals surface area (Å²) in [5.41, 5.74) is 2.61. The average molecular weight is 244 g/mol. The Morgan fingerprint density at radius 1 is 1.06 bits per heavy atom. The Hall–Kier alpha value is -1.93. The SMILES string of the molecule is Oc1cccc(Cl)c1-c1ccc2cc[nH]c2c1. The largest absolute Gasteiger partial charge is 0.507 e. The van der Waals surface area contributed by atoms with Gasteiger partial charge < -0.3 is 10.1 Å². The number of rotatable bonds is 1. The van der Waals surface area contributed by atoms with Crippen molar-refractivity contribution in [2.45, 2.75) is 0 Å². The number of fused-ring (bicyclic) bond motifs is 1. The minimum Gasteiger partial charge on any atom is -0.507 e. The van der Waals surface area contributed by atoms with Gasteiger partial charge in [-0.2, -0.15) is 0 Å². The van der Waals surface area contributed by atoms with E-state index in [-0.39, 0.29) is 5.75 Å². The lowest BCUT2D eigenvalue weighted by Crippen LogP contribution is -1.81. The second kappa shape index (κ2) is 3.82. The molecule has 0 atom stereocenters. The molecule has 1 aromatic heterocycles. The number of phenols is 1. The van der Waals surface area contributed by atoms with E-state index in [1.165, 1.54) is 0 Å². The maximum absolute atomic E-state index is 9.87. The molecule has 0 fully saturated rings. The van der Waals surface area contributed by atoms with Gasteiger partial charge in [0.05, 0.1) is 5.02 Å². The molecule has 1 heterocycles. The highest BCUT2D eigenvalue weighted by molar-refractivity contribution is 6.33. The fraction of sp³-hybridized carbons (Fsp3) is 0. The van der Waals surface area contributed by atoms with E-state index in [4.69, 9.17) is 11.6 Å². The standard InChI is InChI=1S/C14H10ClNO/c15-11-2-1-3-13(17)14(11)10-5-4-9-6-7-16-12(9)8-10/h1-8,16-17H. The molecule has 0 bridgehead atoms. The molecule has 0 saturated heterocycles. The van der Waals surface area contributed by atoms with Crippen molar-refractivity contribution in [1.29, 1.82) is 0 Å². The monoisotopic (exact) mass is 243 g/mol. The maximum Gasteiger partial charge on any atom is 0.124 e. The highest BCUT2D eigenvalue weighted by atomic mass is 35.5. The van der Waals surface area contributed by atoms with Gasteiger partial charge in [0.15, 0.2) is 0 Å². The summed E-state index contributed by atoms with van der Waals surface area (Å²) >= 11 is 6.12. The first kappa shape index (κ1) is 10.2. The van der Waals surface area contributed by atoms with E-state index >= 15 is 0 Å². The van der Waals surface area contributed by atoms with E-state index in [1.54, 1.807) is 18.2 Å². The van der Waals surface area contributed by atoms with Gasteiger partial charge in [0.25, 0.3) is 0 Å². The van der Waals surface area contributed by atoms with Crippen molar-refractivity contribution in [3.63, 3.8) is 0 Å². The van der Waals surface area contributed by atoms with Gasteiger partial charge in [0, 0.05) is 17.3 Å². The summed E-state index contributed by atoms with van der Waals surface area (Å²) in [6.45, 7) is 0. The van der Waals surface area contributed by atoms with Crippen molar-refractivity contribution in [2.24, 2.45) is 0 Å². The fourth-order valence-electron chi connectivity index (χ4n) is 2.00. The van der Waals surface area contributed by atoms with Crippen LogP contribution in [-0.4, -0.2) is 10.1 Å². The first-order chi connectivity index (χ1) is 8.25. The van der Waals surface area contributed by atoms with E-state index in [2.05, 4.69) is 4.98 Å². The van der Waals surface area contributed by atoms with E-state index in [9.17, 15) is 5.11 Å². The molecular formula is C14H10ClNO. The molecule has 0 saturated carbocycles. The Balaban J connectivity index is 2.26. The Morgan fingerprint density at radius 2 is 1.94 bits per heavy atom. The maximum atomic E-state index is 9.87. The number of hydrogen-bond donors (Lipinski definition) is 2. The number of aromatic amines is 1. The predicted molar refractivity (Wildman–Crippen MR) is 70.4 cm³/mol. The van der Waals surface area contributed by atoms with E-state index in [0.717, 1.165) is 16.5 Å². The molecule has 2 N–H and O–H groups in total. The van der Waals surface area contributed by atoms with Gasteiger partial charge in [0.2, 0.25) is 0 Å². The highest BCUT2D eigenvalue weighted by Crippen LogP contribution is 2.36. The zero-order valence-electron chi connectivity index (χ0n) is 8.94. The summed E-state index contributed by atoms with van der Waals surface area (Å²) in [7, 11) is 0. The molecule has 0 spiro atoms. The van der Waals surface area contributed by atoms with Crippen molar-refractivity contribution < 1.29 is 5.11 Å². The number of halogens is 1. The van der Waals surface area contributed by atoms with Gasteiger partial charge in [-0.05, 0) is 35.2 Å². The predicted octanol–water partition coefficient (Wildman–Crippen LogP) is 4.19. The van der Waals surface area contributed by atoms with Crippen LogP contribution in [0, 0.1) is 0 Å². The van der Waals surface area contributed by atoms with Crippen LogP contribution in [0.3, 0.4) is 0 Å². The van der Waals surface area contributed by atoms with Crippen LogP contribution in [0.2, 0.25) is 5.02 Å². The van der Waals surface area contributed by atoms with Crippen LogP contribution in [0.15, 0.2) is 48.7 Å². The fourth-order valence-corrected chi connectivity index (χ4v) is 2.28. The zero-order valence-corrected chi connectivity index (χ0v) is 9.70. The summed E-state index contributed by atoms with van der Waals surface area (Å²) < 4.78 is 0. The Morgan fingerprint density at radius 3 is 2.76 bits per heavy atom. The lowest BCUT2D eigenvalue weighted by molar-refractivity contribution is 0.477. The number of nitrogens with one attached hydrogen (secondary N) is 1. The van der Waals surface area contributed by atoms with Crippen molar-refractivity contribution >= 4 is 22.5 Å². The highest BCUT2D eigenvalue weighted by Gasteiger charge is 2.09. The quantitative estimate of drug-likeness (QED) is 0.660. The molecule has 2 nitrogen and oxygen atoms in total. The van der Waals surface area contributed by atoms with Gasteiger partial charge in [0.1, 0.15) is 5.75 Å². The van der Waals surface area contributed by atoms with Crippen LogP contribution < -0.4 is 0 Å². The van der Waals surface area contributed by atoms with Gasteiger partial charge in [-0.1, -0.05) is 29.8 Å². The molecule has 3 rings (SSSR count). The molecular weight excluding hydrogens is 234 g/mol. The zero-order chi connectivity index (χ0) is 11.8. The summed E-state index contributed by atoms with van der Waals surface area (Å²) in [6.07, 6.45) is 1.89. The molecule has 0 radical (unpaired) electrons. The Kier molecular flexibility index (Phi) is 2.30. The molecule has 84 valence electrons. The lowest BCUT2D eigenvalue weighted by Gasteiger charge is -2.07. The molecule has 3 aromatic rings. The van der Waals surface area contributed by atoms with Gasteiger partial charge in [-0.25, -0.2) is 0 Å². The average Bonchev–Trinajstić information content (AvgIpc) is 2.76. The first-order valence-corrected chi connectivity index (χ1v) is 5.68. The summed E-state index contributed by atoms with van der Waals surface area (Å²) in [6, 6.07) is 13.1. The minimum absolute atomic E-state index is 0.198. The van der Waals surface area contributed by atoms with Gasteiger partial charge >= 0.3 is 0 Å². The number of aromatic hydroxyl groups is 1. The third kappa shape index (κ3) is 1.67. The normalized spacial score (nSPS) is 10.9. The van der Waals surface area contributed by atoms with Crippen LogP contribution in [0.4, 0.5) is 0 Å². The molecule has 2 aromatic carbocycles. The number of H-pyrrole nitrogens is 1. The van der Waals surface area contributed by atoms with Crippen molar-refractivity contribution in [3.8, 4) is 16.9 Å².